The molecular weight excluding hydrogens is 255 g/mol. The number of nitrogens with one attached hydrogen (secondary N) is 1. The van der Waals surface area contributed by atoms with Gasteiger partial charge >= 0.3 is 0 Å². The summed E-state index contributed by atoms with van der Waals surface area (Å²) in [6.45, 7) is 2.72. The molecule has 0 spiro atoms. The van der Waals surface area contributed by atoms with Crippen LogP contribution in [-0.2, 0) is 0 Å². The lowest BCUT2D eigenvalue weighted by Crippen LogP contribution is -1.97. The van der Waals surface area contributed by atoms with Crippen LogP contribution in [0.1, 0.15) is 18.9 Å². The molecule has 4 heteroatoms. The van der Waals surface area contributed by atoms with Crippen LogP contribution < -0.4 is 10.1 Å². The van der Waals surface area contributed by atoms with E-state index in [2.05, 4.69) is 5.32 Å². The average Bonchev–Trinajstić information content (AvgIpc) is 2.47. The molecule has 3 nitrogen and oxygen atoms in total. The zero-order valence-corrected chi connectivity index (χ0v) is 11.2. The summed E-state index contributed by atoms with van der Waals surface area (Å²) in [5, 5.41) is 12.0. The zero-order chi connectivity index (χ0) is 14.4. The molecule has 0 heterocycles. The number of hydrogen-bond acceptors (Lipinski definition) is 3. The van der Waals surface area contributed by atoms with Gasteiger partial charge in [-0.25, -0.2) is 4.39 Å². The number of anilines is 2. The Balaban J connectivity index is 2.15. The van der Waals surface area contributed by atoms with Crippen molar-refractivity contribution in [2.45, 2.75) is 13.3 Å². The van der Waals surface area contributed by atoms with Gasteiger partial charge in [-0.15, -0.1) is 0 Å². The molecule has 0 bridgehead atoms. The first-order valence-corrected chi connectivity index (χ1v) is 6.43. The molecule has 0 fully saturated rings. The Morgan fingerprint density at radius 1 is 1.20 bits per heavy atom. The summed E-state index contributed by atoms with van der Waals surface area (Å²) in [5.74, 6) is 0.262. The van der Waals surface area contributed by atoms with Gasteiger partial charge in [0.1, 0.15) is 23.2 Å². The van der Waals surface area contributed by atoms with E-state index >= 15 is 0 Å². The van der Waals surface area contributed by atoms with Crippen molar-refractivity contribution < 1.29 is 9.13 Å². The van der Waals surface area contributed by atoms with Crippen molar-refractivity contribution in [2.75, 3.05) is 11.9 Å². The standard InChI is InChI=1S/C16H15FN2O/c1-2-10-20-13-8-6-12(7-9-13)19-16-5-3-4-15(17)14(16)11-18/h3-9,19H,2,10H2,1H3. The van der Waals surface area contributed by atoms with Crippen LogP contribution in [0.15, 0.2) is 42.5 Å². The number of halogens is 1. The van der Waals surface area contributed by atoms with Crippen LogP contribution in [0.3, 0.4) is 0 Å². The molecule has 0 radical (unpaired) electrons. The summed E-state index contributed by atoms with van der Waals surface area (Å²) >= 11 is 0. The van der Waals surface area contributed by atoms with Crippen molar-refractivity contribution in [3.63, 3.8) is 0 Å². The summed E-state index contributed by atoms with van der Waals surface area (Å²) in [6, 6.07) is 13.7. The van der Waals surface area contributed by atoms with Gasteiger partial charge < -0.3 is 10.1 Å². The molecule has 0 saturated heterocycles. The Kier molecular flexibility index (Phi) is 4.56. The number of benzene rings is 2. The van der Waals surface area contributed by atoms with E-state index in [1.54, 1.807) is 12.1 Å². The fraction of sp³-hybridized carbons (Fsp3) is 0.188. The topological polar surface area (TPSA) is 45.0 Å². The molecule has 0 unspecified atom stereocenters. The van der Waals surface area contributed by atoms with Gasteiger partial charge in [-0.05, 0) is 42.8 Å². The van der Waals surface area contributed by atoms with Gasteiger partial charge in [0.2, 0.25) is 0 Å². The predicted molar refractivity (Wildman–Crippen MR) is 76.6 cm³/mol. The highest BCUT2D eigenvalue weighted by molar-refractivity contribution is 5.67. The lowest BCUT2D eigenvalue weighted by Gasteiger charge is -2.10. The monoisotopic (exact) mass is 270 g/mol. The van der Waals surface area contributed by atoms with Crippen molar-refractivity contribution in [3.05, 3.63) is 53.8 Å². The molecular formula is C16H15FN2O. The van der Waals surface area contributed by atoms with E-state index < -0.39 is 5.82 Å². The first kappa shape index (κ1) is 13.9. The largest absolute Gasteiger partial charge is 0.494 e. The van der Waals surface area contributed by atoms with Crippen LogP contribution in [0, 0.1) is 17.1 Å². The van der Waals surface area contributed by atoms with Crippen molar-refractivity contribution >= 4 is 11.4 Å². The third-order valence-electron chi connectivity index (χ3n) is 2.73. The van der Waals surface area contributed by atoms with Gasteiger partial charge in [0.25, 0.3) is 0 Å². The van der Waals surface area contributed by atoms with E-state index in [0.29, 0.717) is 12.3 Å². The third kappa shape index (κ3) is 3.27. The minimum absolute atomic E-state index is 0.0128. The third-order valence-corrected chi connectivity index (χ3v) is 2.73. The zero-order valence-electron chi connectivity index (χ0n) is 11.2. The van der Waals surface area contributed by atoms with Crippen LogP contribution in [-0.4, -0.2) is 6.61 Å². The number of ether oxygens (including phenoxy) is 1. The van der Waals surface area contributed by atoms with Crippen LogP contribution in [0.4, 0.5) is 15.8 Å². The Labute approximate surface area is 117 Å². The molecule has 0 aliphatic carbocycles. The second-order valence-electron chi connectivity index (χ2n) is 4.27. The predicted octanol–water partition coefficient (Wildman–Crippen LogP) is 4.23. The van der Waals surface area contributed by atoms with Gasteiger partial charge in [-0.3, -0.25) is 0 Å². The molecule has 2 rings (SSSR count). The lowest BCUT2D eigenvalue weighted by molar-refractivity contribution is 0.317. The highest BCUT2D eigenvalue weighted by Crippen LogP contribution is 2.24. The summed E-state index contributed by atoms with van der Waals surface area (Å²) < 4.78 is 19.0. The van der Waals surface area contributed by atoms with E-state index in [1.165, 1.54) is 6.07 Å². The minimum Gasteiger partial charge on any atom is -0.494 e. The second-order valence-corrected chi connectivity index (χ2v) is 4.27. The highest BCUT2D eigenvalue weighted by atomic mass is 19.1. The fourth-order valence-electron chi connectivity index (χ4n) is 1.75. The molecule has 0 saturated carbocycles. The van der Waals surface area contributed by atoms with Crippen LogP contribution in [0.2, 0.25) is 0 Å². The molecule has 0 aromatic heterocycles. The highest BCUT2D eigenvalue weighted by Gasteiger charge is 2.07. The molecule has 2 aromatic rings. The van der Waals surface area contributed by atoms with Gasteiger partial charge in [0.15, 0.2) is 0 Å². The molecule has 0 aliphatic rings. The summed E-state index contributed by atoms with van der Waals surface area (Å²) in [6.07, 6.45) is 0.953. The van der Waals surface area contributed by atoms with Crippen molar-refractivity contribution in [3.8, 4) is 11.8 Å². The number of nitriles is 1. The minimum atomic E-state index is -0.527. The molecule has 0 atom stereocenters. The summed E-state index contributed by atoms with van der Waals surface area (Å²) in [5.41, 5.74) is 1.24. The molecule has 0 amide bonds. The van der Waals surface area contributed by atoms with Crippen LogP contribution in [0.5, 0.6) is 5.75 Å². The first-order chi connectivity index (χ1) is 9.74. The van der Waals surface area contributed by atoms with Gasteiger partial charge in [0.05, 0.1) is 12.3 Å². The first-order valence-electron chi connectivity index (χ1n) is 6.43. The lowest BCUT2D eigenvalue weighted by atomic mass is 10.1. The van der Waals surface area contributed by atoms with Gasteiger partial charge in [-0.1, -0.05) is 13.0 Å². The Morgan fingerprint density at radius 3 is 2.60 bits per heavy atom. The quantitative estimate of drug-likeness (QED) is 0.884. The number of nitrogens with zero attached hydrogens (tertiary/aromatic N) is 1. The van der Waals surface area contributed by atoms with Gasteiger partial charge in [0, 0.05) is 5.69 Å². The van der Waals surface area contributed by atoms with Crippen molar-refractivity contribution in [1.82, 2.24) is 0 Å². The molecule has 102 valence electrons. The SMILES string of the molecule is CCCOc1ccc(Nc2cccc(F)c2C#N)cc1. The van der Waals surface area contributed by atoms with E-state index in [-0.39, 0.29) is 5.56 Å². The number of rotatable bonds is 5. The van der Waals surface area contributed by atoms with E-state index in [9.17, 15) is 4.39 Å². The Morgan fingerprint density at radius 2 is 1.95 bits per heavy atom. The van der Waals surface area contributed by atoms with E-state index in [0.717, 1.165) is 17.9 Å². The summed E-state index contributed by atoms with van der Waals surface area (Å²) in [7, 11) is 0. The molecule has 0 aliphatic heterocycles. The molecule has 2 aromatic carbocycles. The van der Waals surface area contributed by atoms with Crippen molar-refractivity contribution in [2.24, 2.45) is 0 Å². The van der Waals surface area contributed by atoms with Gasteiger partial charge in [-0.2, -0.15) is 5.26 Å². The molecule has 1 N–H and O–H groups in total. The smallest absolute Gasteiger partial charge is 0.143 e. The van der Waals surface area contributed by atoms with Crippen LogP contribution >= 0.6 is 0 Å². The summed E-state index contributed by atoms with van der Waals surface area (Å²) in [4.78, 5) is 0. The second kappa shape index (κ2) is 6.58. The maximum absolute atomic E-state index is 13.5. The average molecular weight is 270 g/mol. The van der Waals surface area contributed by atoms with Crippen molar-refractivity contribution in [1.29, 1.82) is 5.26 Å². The Hall–Kier alpha value is -2.54. The van der Waals surface area contributed by atoms with E-state index in [1.807, 2.05) is 37.3 Å². The van der Waals surface area contributed by atoms with E-state index in [4.69, 9.17) is 10.00 Å². The fourth-order valence-corrected chi connectivity index (χ4v) is 1.75. The normalized spacial score (nSPS) is 9.85. The maximum Gasteiger partial charge on any atom is 0.143 e. The maximum atomic E-state index is 13.5. The van der Waals surface area contributed by atoms with Crippen LogP contribution in [0.25, 0.3) is 0 Å². The number of hydrogen-bond donors (Lipinski definition) is 1. The molecule has 20 heavy (non-hydrogen) atoms. The Bertz CT molecular complexity index is 617.